The molecule has 1 aliphatic heterocycles. The van der Waals surface area contributed by atoms with Crippen LogP contribution in [0.5, 0.6) is 0 Å². The first-order valence-corrected chi connectivity index (χ1v) is 8.00. The van der Waals surface area contributed by atoms with Gasteiger partial charge in [0.2, 0.25) is 0 Å². The van der Waals surface area contributed by atoms with Crippen molar-refractivity contribution < 1.29 is 0 Å². The average Bonchev–Trinajstić information content (AvgIpc) is 2.78. The highest BCUT2D eigenvalue weighted by Crippen LogP contribution is 2.45. The molecule has 1 saturated carbocycles. The summed E-state index contributed by atoms with van der Waals surface area (Å²) in [6, 6.07) is 1.69. The molecular formula is C14H17Cl3N2. The lowest BCUT2D eigenvalue weighted by atomic mass is 9.73. The third-order valence-electron chi connectivity index (χ3n) is 4.52. The molecule has 0 amide bonds. The number of aromatic nitrogens is 1. The van der Waals surface area contributed by atoms with E-state index < -0.39 is 0 Å². The Labute approximate surface area is 129 Å². The predicted molar refractivity (Wildman–Crippen MR) is 81.6 cm³/mol. The molecule has 1 aliphatic carbocycles. The van der Waals surface area contributed by atoms with Gasteiger partial charge in [-0.25, -0.2) is 4.98 Å². The first-order chi connectivity index (χ1) is 9.10. The molecule has 0 aromatic carbocycles. The lowest BCUT2D eigenvalue weighted by Crippen LogP contribution is -2.29. The summed E-state index contributed by atoms with van der Waals surface area (Å²) in [5.41, 5.74) is 0.482. The van der Waals surface area contributed by atoms with E-state index in [0.717, 1.165) is 18.9 Å². The van der Waals surface area contributed by atoms with E-state index in [2.05, 4.69) is 9.88 Å². The summed E-state index contributed by atoms with van der Waals surface area (Å²) in [5, 5.41) is 1.36. The van der Waals surface area contributed by atoms with E-state index in [1.165, 1.54) is 38.5 Å². The second-order valence-corrected chi connectivity index (χ2v) is 6.97. The Morgan fingerprint density at radius 3 is 2.47 bits per heavy atom. The second-order valence-electron chi connectivity index (χ2n) is 5.80. The SMILES string of the molecule is Clc1cc(Cl)c(N2CCC3(CCCCC3)C2)nc1Cl. The fourth-order valence-electron chi connectivity index (χ4n) is 3.48. The Hall–Kier alpha value is -0.180. The molecular weight excluding hydrogens is 303 g/mol. The van der Waals surface area contributed by atoms with Gasteiger partial charge in [0.1, 0.15) is 11.0 Å². The highest BCUT2D eigenvalue weighted by atomic mass is 35.5. The van der Waals surface area contributed by atoms with Gasteiger partial charge < -0.3 is 4.90 Å². The zero-order valence-electron chi connectivity index (χ0n) is 10.8. The molecule has 0 radical (unpaired) electrons. The largest absolute Gasteiger partial charge is 0.355 e. The third-order valence-corrected chi connectivity index (χ3v) is 5.47. The zero-order chi connectivity index (χ0) is 13.5. The molecule has 0 unspecified atom stereocenters. The van der Waals surface area contributed by atoms with Gasteiger partial charge in [0.05, 0.1) is 10.0 Å². The minimum absolute atomic E-state index is 0.339. The number of pyridine rings is 1. The normalized spacial score (nSPS) is 22.2. The van der Waals surface area contributed by atoms with Crippen LogP contribution in [0.4, 0.5) is 5.82 Å². The highest BCUT2D eigenvalue weighted by molar-refractivity contribution is 6.42. The van der Waals surface area contributed by atoms with Gasteiger partial charge in [0.25, 0.3) is 0 Å². The van der Waals surface area contributed by atoms with Crippen LogP contribution in [0.3, 0.4) is 0 Å². The number of nitrogens with zero attached hydrogens (tertiary/aromatic N) is 2. The van der Waals surface area contributed by atoms with Crippen LogP contribution in [-0.4, -0.2) is 18.1 Å². The molecule has 1 aromatic heterocycles. The second kappa shape index (κ2) is 5.31. The van der Waals surface area contributed by atoms with Crippen LogP contribution in [0.1, 0.15) is 38.5 Å². The summed E-state index contributed by atoms with van der Waals surface area (Å²) in [4.78, 5) is 6.63. The topological polar surface area (TPSA) is 16.1 Å². The molecule has 104 valence electrons. The predicted octanol–water partition coefficient (Wildman–Crippen LogP) is 5.20. The van der Waals surface area contributed by atoms with E-state index in [-0.39, 0.29) is 0 Å². The summed E-state index contributed by atoms with van der Waals surface area (Å²) < 4.78 is 0. The average molecular weight is 320 g/mol. The summed E-state index contributed by atoms with van der Waals surface area (Å²) in [7, 11) is 0. The van der Waals surface area contributed by atoms with Crippen molar-refractivity contribution in [3.8, 4) is 0 Å². The summed E-state index contributed by atoms with van der Waals surface area (Å²) >= 11 is 18.2. The minimum atomic E-state index is 0.339. The van der Waals surface area contributed by atoms with Crippen molar-refractivity contribution in [1.29, 1.82) is 0 Å². The van der Waals surface area contributed by atoms with Crippen LogP contribution in [0, 0.1) is 5.41 Å². The Kier molecular flexibility index (Phi) is 3.85. The molecule has 0 atom stereocenters. The molecule has 0 bridgehead atoms. The van der Waals surface area contributed by atoms with E-state index in [1.54, 1.807) is 6.07 Å². The Morgan fingerprint density at radius 2 is 1.74 bits per heavy atom. The fraction of sp³-hybridized carbons (Fsp3) is 0.643. The monoisotopic (exact) mass is 318 g/mol. The quantitative estimate of drug-likeness (QED) is 0.661. The van der Waals surface area contributed by atoms with Crippen molar-refractivity contribution >= 4 is 40.6 Å². The fourth-order valence-corrected chi connectivity index (χ4v) is 4.10. The van der Waals surface area contributed by atoms with Crippen molar-refractivity contribution in [2.75, 3.05) is 18.0 Å². The van der Waals surface area contributed by atoms with E-state index in [0.29, 0.717) is 20.6 Å². The standard InChI is InChI=1S/C14H17Cl3N2/c15-10-8-11(16)13(18-12(10)17)19-7-6-14(9-19)4-2-1-3-5-14/h8H,1-7,9H2. The van der Waals surface area contributed by atoms with E-state index >= 15 is 0 Å². The van der Waals surface area contributed by atoms with Gasteiger partial charge in [-0.1, -0.05) is 54.1 Å². The van der Waals surface area contributed by atoms with Crippen molar-refractivity contribution in [1.82, 2.24) is 4.98 Å². The molecule has 1 saturated heterocycles. The molecule has 3 rings (SSSR count). The number of hydrogen-bond acceptors (Lipinski definition) is 2. The van der Waals surface area contributed by atoms with E-state index in [1.807, 2.05) is 0 Å². The van der Waals surface area contributed by atoms with Gasteiger partial charge in [-0.3, -0.25) is 0 Å². The Morgan fingerprint density at radius 1 is 1.00 bits per heavy atom. The molecule has 2 aliphatic rings. The third kappa shape index (κ3) is 2.68. The molecule has 2 nitrogen and oxygen atoms in total. The van der Waals surface area contributed by atoms with E-state index in [9.17, 15) is 0 Å². The molecule has 19 heavy (non-hydrogen) atoms. The molecule has 5 heteroatoms. The smallest absolute Gasteiger partial charge is 0.150 e. The van der Waals surface area contributed by atoms with Crippen LogP contribution >= 0.6 is 34.8 Å². The first kappa shape index (κ1) is 13.8. The van der Waals surface area contributed by atoms with Crippen molar-refractivity contribution in [2.24, 2.45) is 5.41 Å². The van der Waals surface area contributed by atoms with Crippen molar-refractivity contribution in [3.05, 3.63) is 21.3 Å². The zero-order valence-corrected chi connectivity index (χ0v) is 13.0. The van der Waals surface area contributed by atoms with Crippen molar-refractivity contribution in [2.45, 2.75) is 38.5 Å². The maximum absolute atomic E-state index is 6.26. The number of rotatable bonds is 1. The van der Waals surface area contributed by atoms with Gasteiger partial charge in [0.15, 0.2) is 0 Å². The first-order valence-electron chi connectivity index (χ1n) is 6.86. The van der Waals surface area contributed by atoms with Gasteiger partial charge >= 0.3 is 0 Å². The molecule has 1 aromatic rings. The number of anilines is 1. The number of halogens is 3. The van der Waals surface area contributed by atoms with Gasteiger partial charge in [-0.15, -0.1) is 0 Å². The summed E-state index contributed by atoms with van der Waals surface area (Å²) in [6.07, 6.45) is 8.01. The van der Waals surface area contributed by atoms with Crippen LogP contribution in [0.15, 0.2) is 6.07 Å². The van der Waals surface area contributed by atoms with Crippen LogP contribution in [0.25, 0.3) is 0 Å². The summed E-state index contributed by atoms with van der Waals surface area (Å²) in [5.74, 6) is 0.790. The molecule has 1 spiro atoms. The van der Waals surface area contributed by atoms with Gasteiger partial charge in [-0.2, -0.15) is 0 Å². The Balaban J connectivity index is 1.83. The maximum Gasteiger partial charge on any atom is 0.150 e. The highest BCUT2D eigenvalue weighted by Gasteiger charge is 2.39. The summed E-state index contributed by atoms with van der Waals surface area (Å²) in [6.45, 7) is 2.07. The van der Waals surface area contributed by atoms with E-state index in [4.69, 9.17) is 34.8 Å². The maximum atomic E-state index is 6.26. The molecule has 2 fully saturated rings. The minimum Gasteiger partial charge on any atom is -0.355 e. The lowest BCUT2D eigenvalue weighted by molar-refractivity contribution is 0.219. The van der Waals surface area contributed by atoms with Crippen LogP contribution in [0.2, 0.25) is 15.2 Å². The Bertz CT molecular complexity index is 484. The molecule has 0 N–H and O–H groups in total. The number of hydrogen-bond donors (Lipinski definition) is 0. The van der Waals surface area contributed by atoms with Crippen LogP contribution < -0.4 is 4.90 Å². The van der Waals surface area contributed by atoms with Gasteiger partial charge in [0, 0.05) is 13.1 Å². The van der Waals surface area contributed by atoms with Gasteiger partial charge in [-0.05, 0) is 30.7 Å². The lowest BCUT2D eigenvalue weighted by Gasteiger charge is -2.33. The van der Waals surface area contributed by atoms with Crippen LogP contribution in [-0.2, 0) is 0 Å². The van der Waals surface area contributed by atoms with Crippen molar-refractivity contribution in [3.63, 3.8) is 0 Å². The molecule has 2 heterocycles.